The summed E-state index contributed by atoms with van der Waals surface area (Å²) in [7, 11) is -3.87. The van der Waals surface area contributed by atoms with E-state index < -0.39 is 15.1 Å². The van der Waals surface area contributed by atoms with Crippen LogP contribution < -0.4 is 0 Å². The van der Waals surface area contributed by atoms with Crippen molar-refractivity contribution < 1.29 is 13.2 Å². The normalized spacial score (nSPS) is 12.6. The molecule has 0 aromatic heterocycles. The lowest BCUT2D eigenvalue weighted by Gasteiger charge is -2.19. The Hall–Kier alpha value is -2.14. The van der Waals surface area contributed by atoms with E-state index in [-0.39, 0.29) is 22.1 Å². The van der Waals surface area contributed by atoms with E-state index in [1.165, 1.54) is 6.07 Å². The minimum Gasteiger partial charge on any atom is -0.294 e. The number of sulfone groups is 1. The van der Waals surface area contributed by atoms with Gasteiger partial charge < -0.3 is 0 Å². The van der Waals surface area contributed by atoms with E-state index in [4.69, 9.17) is 23.2 Å². The van der Waals surface area contributed by atoms with Gasteiger partial charge in [-0.25, -0.2) is 8.42 Å². The van der Waals surface area contributed by atoms with Gasteiger partial charge in [0.2, 0.25) is 0 Å². The molecule has 0 saturated carbocycles. The van der Waals surface area contributed by atoms with Gasteiger partial charge in [0.1, 0.15) is 0 Å². The average Bonchev–Trinajstić information content (AvgIpc) is 2.67. The van der Waals surface area contributed by atoms with Gasteiger partial charge in [0.05, 0.1) is 10.1 Å². The number of ketones is 1. The smallest absolute Gasteiger partial charge is 0.185 e. The Kier molecular flexibility index (Phi) is 6.47. The van der Waals surface area contributed by atoms with E-state index in [0.717, 1.165) is 11.1 Å². The number of hydrogen-bond donors (Lipinski definition) is 0. The number of hydrogen-bond acceptors (Lipinski definition) is 3. The molecular formula is C23H20Cl2O3S. The molecule has 0 aliphatic rings. The Bertz CT molecular complexity index is 1140. The third kappa shape index (κ3) is 4.89. The number of rotatable bonds is 6. The summed E-state index contributed by atoms with van der Waals surface area (Å²) >= 11 is 12.3. The molecule has 0 bridgehead atoms. The predicted octanol–water partition coefficient (Wildman–Crippen LogP) is 6.40. The summed E-state index contributed by atoms with van der Waals surface area (Å²) in [5.74, 6) is -0.267. The summed E-state index contributed by atoms with van der Waals surface area (Å²) in [6.45, 7) is 3.80. The Labute approximate surface area is 181 Å². The van der Waals surface area contributed by atoms with Gasteiger partial charge in [-0.15, -0.1) is 0 Å². The SMILES string of the molecule is Cc1ccc(C(=O)C[C@H](c2ccc(Cl)cc2Cl)S(=O)(=O)c2ccc(C)cc2)cc1. The molecule has 0 N–H and O–H groups in total. The van der Waals surface area contributed by atoms with Crippen LogP contribution >= 0.6 is 23.2 Å². The second kappa shape index (κ2) is 8.70. The molecule has 3 aromatic carbocycles. The van der Waals surface area contributed by atoms with Crippen LogP contribution in [-0.4, -0.2) is 14.2 Å². The zero-order chi connectivity index (χ0) is 21.2. The topological polar surface area (TPSA) is 51.2 Å². The van der Waals surface area contributed by atoms with Gasteiger partial charge in [-0.1, -0.05) is 76.8 Å². The molecule has 150 valence electrons. The van der Waals surface area contributed by atoms with E-state index in [2.05, 4.69) is 0 Å². The predicted molar refractivity (Wildman–Crippen MR) is 118 cm³/mol. The molecule has 0 saturated heterocycles. The fourth-order valence-electron chi connectivity index (χ4n) is 3.07. The van der Waals surface area contributed by atoms with E-state index in [1.54, 1.807) is 48.5 Å². The van der Waals surface area contributed by atoms with Crippen LogP contribution in [0.5, 0.6) is 0 Å². The molecule has 1 atom stereocenters. The van der Waals surface area contributed by atoms with Gasteiger partial charge in [-0.2, -0.15) is 0 Å². The van der Waals surface area contributed by atoms with Crippen molar-refractivity contribution in [2.24, 2.45) is 0 Å². The lowest BCUT2D eigenvalue weighted by atomic mass is 10.0. The zero-order valence-electron chi connectivity index (χ0n) is 16.0. The molecular weight excluding hydrogens is 427 g/mol. The molecule has 3 nitrogen and oxygen atoms in total. The zero-order valence-corrected chi connectivity index (χ0v) is 18.4. The van der Waals surface area contributed by atoms with Crippen molar-refractivity contribution in [3.8, 4) is 0 Å². The van der Waals surface area contributed by atoms with Crippen LogP contribution in [0.15, 0.2) is 71.6 Å². The lowest BCUT2D eigenvalue weighted by molar-refractivity contribution is 0.0981. The fourth-order valence-corrected chi connectivity index (χ4v) is 5.43. The highest BCUT2D eigenvalue weighted by atomic mass is 35.5. The maximum Gasteiger partial charge on any atom is 0.185 e. The first-order valence-electron chi connectivity index (χ1n) is 9.04. The van der Waals surface area contributed by atoms with E-state index >= 15 is 0 Å². The van der Waals surface area contributed by atoms with Crippen molar-refractivity contribution in [1.82, 2.24) is 0 Å². The van der Waals surface area contributed by atoms with Crippen molar-refractivity contribution in [2.75, 3.05) is 0 Å². The maximum absolute atomic E-state index is 13.5. The molecule has 3 rings (SSSR count). The molecule has 0 amide bonds. The number of Topliss-reactive ketones (excluding diaryl/α,β-unsaturated/α-hetero) is 1. The first kappa shape index (κ1) is 21.6. The molecule has 0 spiro atoms. The third-order valence-electron chi connectivity index (χ3n) is 4.78. The van der Waals surface area contributed by atoms with Crippen molar-refractivity contribution in [2.45, 2.75) is 30.4 Å². The molecule has 0 fully saturated rings. The second-order valence-corrected chi connectivity index (χ2v) is 9.98. The molecule has 6 heteroatoms. The first-order chi connectivity index (χ1) is 13.7. The monoisotopic (exact) mass is 446 g/mol. The minimum absolute atomic E-state index is 0.149. The van der Waals surface area contributed by atoms with Crippen molar-refractivity contribution in [3.05, 3.63) is 99.0 Å². The standard InChI is InChI=1S/C23H20Cl2O3S/c1-15-3-7-17(8-4-15)22(26)14-23(20-12-9-18(24)13-21(20)25)29(27,28)19-10-5-16(2)6-11-19/h3-13,23H,14H2,1-2H3/t23-/m1/s1. The molecule has 3 aromatic rings. The van der Waals surface area contributed by atoms with Crippen molar-refractivity contribution in [1.29, 1.82) is 0 Å². The van der Waals surface area contributed by atoms with Crippen LogP contribution in [0.25, 0.3) is 0 Å². The molecule has 0 radical (unpaired) electrons. The van der Waals surface area contributed by atoms with Crippen LogP contribution in [0.3, 0.4) is 0 Å². The van der Waals surface area contributed by atoms with Crippen LogP contribution in [0, 0.1) is 13.8 Å². The van der Waals surface area contributed by atoms with Gasteiger partial charge in [0.25, 0.3) is 0 Å². The summed E-state index contributed by atoms with van der Waals surface area (Å²) in [4.78, 5) is 13.1. The van der Waals surface area contributed by atoms with Gasteiger partial charge in [0.15, 0.2) is 15.6 Å². The highest BCUT2D eigenvalue weighted by Gasteiger charge is 2.33. The lowest BCUT2D eigenvalue weighted by Crippen LogP contribution is -2.18. The Morgan fingerprint density at radius 3 is 1.97 bits per heavy atom. The third-order valence-corrected chi connectivity index (χ3v) is 7.44. The van der Waals surface area contributed by atoms with E-state index in [1.807, 2.05) is 26.0 Å². The molecule has 0 aliphatic carbocycles. The largest absolute Gasteiger partial charge is 0.294 e. The molecule has 0 aliphatic heterocycles. The van der Waals surface area contributed by atoms with E-state index in [9.17, 15) is 13.2 Å². The molecule has 0 unspecified atom stereocenters. The summed E-state index contributed by atoms with van der Waals surface area (Å²) in [6.07, 6.45) is -0.222. The Morgan fingerprint density at radius 1 is 0.862 bits per heavy atom. The van der Waals surface area contributed by atoms with Crippen LogP contribution in [0.2, 0.25) is 10.0 Å². The minimum atomic E-state index is -3.87. The summed E-state index contributed by atoms with van der Waals surface area (Å²) in [5, 5.41) is -0.506. The number of halogens is 2. The average molecular weight is 447 g/mol. The van der Waals surface area contributed by atoms with Gasteiger partial charge in [-0.3, -0.25) is 4.79 Å². The van der Waals surface area contributed by atoms with Crippen LogP contribution in [-0.2, 0) is 9.84 Å². The number of aryl methyl sites for hydroxylation is 2. The quantitative estimate of drug-likeness (QED) is 0.411. The Morgan fingerprint density at radius 2 is 1.41 bits per heavy atom. The highest BCUT2D eigenvalue weighted by Crippen LogP contribution is 2.37. The first-order valence-corrected chi connectivity index (χ1v) is 11.3. The summed E-state index contributed by atoms with van der Waals surface area (Å²) in [6, 6.07) is 18.3. The van der Waals surface area contributed by atoms with Gasteiger partial charge in [-0.05, 0) is 43.7 Å². The van der Waals surface area contributed by atoms with E-state index in [0.29, 0.717) is 16.1 Å². The van der Waals surface area contributed by atoms with Gasteiger partial charge >= 0.3 is 0 Å². The Balaban J connectivity index is 2.07. The molecule has 29 heavy (non-hydrogen) atoms. The van der Waals surface area contributed by atoms with Crippen molar-refractivity contribution >= 4 is 38.8 Å². The second-order valence-electron chi connectivity index (χ2n) is 7.01. The van der Waals surface area contributed by atoms with Crippen LogP contribution in [0.4, 0.5) is 0 Å². The summed E-state index contributed by atoms with van der Waals surface area (Å²) < 4.78 is 26.9. The maximum atomic E-state index is 13.5. The number of benzene rings is 3. The highest BCUT2D eigenvalue weighted by molar-refractivity contribution is 7.91. The summed E-state index contributed by atoms with van der Waals surface area (Å²) in [5.41, 5.74) is 2.79. The number of carbonyl (C=O) groups is 1. The van der Waals surface area contributed by atoms with Crippen molar-refractivity contribution in [3.63, 3.8) is 0 Å². The van der Waals surface area contributed by atoms with Crippen LogP contribution in [0.1, 0.15) is 38.7 Å². The molecule has 0 heterocycles. The fraction of sp³-hybridized carbons (Fsp3) is 0.174. The van der Waals surface area contributed by atoms with Gasteiger partial charge in [0, 0.05) is 22.0 Å². The number of carbonyl (C=O) groups excluding carboxylic acids is 1.